The Morgan fingerprint density at radius 3 is 2.58 bits per heavy atom. The van der Waals surface area contributed by atoms with Gasteiger partial charge in [0.2, 0.25) is 0 Å². The zero-order chi connectivity index (χ0) is 19.9. The Bertz CT molecular complexity index is 765. The highest BCUT2D eigenvalue weighted by Gasteiger charge is 2.60. The van der Waals surface area contributed by atoms with Crippen LogP contribution in [0.2, 0.25) is 18.1 Å². The molecule has 0 amide bonds. The van der Waals surface area contributed by atoms with Crippen molar-refractivity contribution in [2.45, 2.75) is 77.2 Å². The molecule has 0 spiro atoms. The summed E-state index contributed by atoms with van der Waals surface area (Å²) in [7, 11) is -2.15. The average molecular weight is 379 g/mol. The highest BCUT2D eigenvalue weighted by atomic mass is 28.4. The second-order valence-corrected chi connectivity index (χ2v) is 13.2. The van der Waals surface area contributed by atoms with Crippen LogP contribution in [-0.2, 0) is 9.16 Å². The van der Waals surface area contributed by atoms with Crippen LogP contribution in [0, 0.1) is 12.5 Å². The molecule has 0 unspecified atom stereocenters. The Morgan fingerprint density at radius 2 is 2.12 bits per heavy atom. The largest absolute Gasteiger partial charge is 0.409 e. The van der Waals surface area contributed by atoms with E-state index >= 15 is 0 Å². The maximum Gasteiger partial charge on any atom is 0.351 e. The lowest BCUT2D eigenvalue weighted by molar-refractivity contribution is -0.0717. The van der Waals surface area contributed by atoms with E-state index in [1.54, 1.807) is 12.3 Å². The molecule has 0 radical (unpaired) electrons. The van der Waals surface area contributed by atoms with Crippen LogP contribution in [-0.4, -0.2) is 29.7 Å². The zero-order valence-electron chi connectivity index (χ0n) is 16.7. The lowest BCUT2D eigenvalue weighted by Crippen LogP contribution is -2.48. The minimum Gasteiger partial charge on any atom is -0.409 e. The van der Waals surface area contributed by atoms with Crippen LogP contribution in [0.25, 0.3) is 4.85 Å². The SMILES string of the molecule is [C-]#[N+][C@]1(CC)O[C@@H](n2ccc(N)nc2=O)[C@H](O[Si](C)(C)C(C)(C)C)[C@@H]1C. The van der Waals surface area contributed by atoms with E-state index in [0.29, 0.717) is 6.42 Å². The van der Waals surface area contributed by atoms with Gasteiger partial charge >= 0.3 is 11.4 Å². The highest BCUT2D eigenvalue weighted by molar-refractivity contribution is 6.74. The molecule has 26 heavy (non-hydrogen) atoms. The fourth-order valence-electron chi connectivity index (χ4n) is 3.01. The molecule has 1 aliphatic rings. The molecule has 8 heteroatoms. The lowest BCUT2D eigenvalue weighted by atomic mass is 9.93. The first-order valence-electron chi connectivity index (χ1n) is 8.97. The van der Waals surface area contributed by atoms with Gasteiger partial charge in [-0.05, 0) is 31.1 Å². The Balaban J connectivity index is 2.53. The van der Waals surface area contributed by atoms with Gasteiger partial charge in [-0.25, -0.2) is 11.4 Å². The lowest BCUT2D eigenvalue weighted by Gasteiger charge is -2.40. The van der Waals surface area contributed by atoms with Crippen LogP contribution >= 0.6 is 0 Å². The number of nitrogens with two attached hydrogens (primary N) is 1. The molecule has 1 aliphatic heterocycles. The summed E-state index contributed by atoms with van der Waals surface area (Å²) in [4.78, 5) is 20.0. The number of anilines is 1. The number of nitrogen functional groups attached to an aromatic ring is 1. The molecule has 7 nitrogen and oxygen atoms in total. The maximum absolute atomic E-state index is 12.4. The first-order chi connectivity index (χ1) is 11.9. The second-order valence-electron chi connectivity index (χ2n) is 8.49. The summed E-state index contributed by atoms with van der Waals surface area (Å²) in [5.74, 6) is -0.0281. The number of rotatable bonds is 4. The molecule has 0 aliphatic carbocycles. The van der Waals surface area contributed by atoms with E-state index in [2.05, 4.69) is 43.7 Å². The molecule has 1 aromatic heterocycles. The molecule has 0 aromatic carbocycles. The van der Waals surface area contributed by atoms with E-state index in [9.17, 15) is 4.79 Å². The van der Waals surface area contributed by atoms with Crippen LogP contribution in [0.3, 0.4) is 0 Å². The highest BCUT2D eigenvalue weighted by Crippen LogP contribution is 2.48. The quantitative estimate of drug-likeness (QED) is 0.641. The molecule has 144 valence electrons. The average Bonchev–Trinajstić information content (AvgIpc) is 2.79. The predicted octanol–water partition coefficient (Wildman–Crippen LogP) is 3.41. The van der Waals surface area contributed by atoms with E-state index in [1.165, 1.54) is 4.57 Å². The Kier molecular flexibility index (Phi) is 5.39. The van der Waals surface area contributed by atoms with Gasteiger partial charge in [0.05, 0.1) is 12.3 Å². The Morgan fingerprint density at radius 1 is 1.50 bits per heavy atom. The van der Waals surface area contributed by atoms with Gasteiger partial charge < -0.3 is 10.2 Å². The zero-order valence-corrected chi connectivity index (χ0v) is 17.7. The van der Waals surface area contributed by atoms with Crippen LogP contribution in [0.4, 0.5) is 5.82 Å². The molecule has 2 heterocycles. The van der Waals surface area contributed by atoms with E-state index in [0.717, 1.165) is 0 Å². The van der Waals surface area contributed by atoms with Gasteiger partial charge in [0.1, 0.15) is 11.9 Å². The molecular weight excluding hydrogens is 348 g/mol. The van der Waals surface area contributed by atoms with E-state index in [4.69, 9.17) is 21.5 Å². The van der Waals surface area contributed by atoms with Crippen molar-refractivity contribution >= 4 is 14.1 Å². The summed E-state index contributed by atoms with van der Waals surface area (Å²) in [5, 5.41) is -0.00281. The summed E-state index contributed by atoms with van der Waals surface area (Å²) < 4.78 is 14.2. The third-order valence-electron chi connectivity index (χ3n) is 5.87. The van der Waals surface area contributed by atoms with Gasteiger partial charge in [-0.2, -0.15) is 4.98 Å². The first kappa shape index (κ1) is 20.6. The van der Waals surface area contributed by atoms with Gasteiger partial charge in [0.25, 0.3) is 0 Å². The van der Waals surface area contributed by atoms with Gasteiger partial charge in [0.15, 0.2) is 14.5 Å². The smallest absolute Gasteiger partial charge is 0.351 e. The number of hydrogen-bond donors (Lipinski definition) is 1. The fourth-order valence-corrected chi connectivity index (χ4v) is 4.37. The van der Waals surface area contributed by atoms with Gasteiger partial charge in [-0.1, -0.05) is 27.7 Å². The van der Waals surface area contributed by atoms with Crippen LogP contribution < -0.4 is 11.4 Å². The minimum atomic E-state index is -2.15. The van der Waals surface area contributed by atoms with Gasteiger partial charge in [-0.3, -0.25) is 14.1 Å². The fraction of sp³-hybridized carbons (Fsp3) is 0.722. The number of nitrogens with zero attached hydrogens (tertiary/aromatic N) is 3. The molecule has 1 saturated heterocycles. The summed E-state index contributed by atoms with van der Waals surface area (Å²) in [6.07, 6.45) is 0.976. The predicted molar refractivity (Wildman–Crippen MR) is 104 cm³/mol. The van der Waals surface area contributed by atoms with Crippen molar-refractivity contribution in [1.29, 1.82) is 0 Å². The third-order valence-corrected chi connectivity index (χ3v) is 10.3. The number of hydrogen-bond acceptors (Lipinski definition) is 5. The Hall–Kier alpha value is -1.69. The normalized spacial score (nSPS) is 29.5. The minimum absolute atomic E-state index is 0.00281. The molecule has 2 N–H and O–H groups in total. The summed E-state index contributed by atoms with van der Waals surface area (Å²) in [5.41, 5.74) is 4.10. The molecule has 2 rings (SSSR count). The summed E-state index contributed by atoms with van der Waals surface area (Å²) in [6.45, 7) is 22.4. The number of ether oxygens (including phenoxy) is 1. The van der Waals surface area contributed by atoms with Crippen molar-refractivity contribution in [1.82, 2.24) is 9.55 Å². The first-order valence-corrected chi connectivity index (χ1v) is 11.9. The molecule has 1 aromatic rings. The molecule has 4 atom stereocenters. The molecular formula is C18H30N4O3Si. The third kappa shape index (κ3) is 3.43. The van der Waals surface area contributed by atoms with Crippen molar-refractivity contribution < 1.29 is 9.16 Å². The van der Waals surface area contributed by atoms with Gasteiger partial charge in [-0.15, -0.1) is 0 Å². The Labute approximate surface area is 156 Å². The van der Waals surface area contributed by atoms with Crippen molar-refractivity contribution in [3.63, 3.8) is 0 Å². The van der Waals surface area contributed by atoms with E-state index in [-0.39, 0.29) is 16.8 Å². The van der Waals surface area contributed by atoms with Crippen molar-refractivity contribution in [3.8, 4) is 0 Å². The van der Waals surface area contributed by atoms with E-state index in [1.807, 2.05) is 13.8 Å². The van der Waals surface area contributed by atoms with Crippen molar-refractivity contribution in [2.75, 3.05) is 5.73 Å². The van der Waals surface area contributed by atoms with Crippen LogP contribution in [0.5, 0.6) is 0 Å². The number of aromatic nitrogens is 2. The molecule has 0 saturated carbocycles. The second kappa shape index (κ2) is 6.80. The standard InChI is InChI=1S/C18H30N4O3Si/c1-9-18(20-6)12(2)14(25-26(7,8)17(3,4)5)15(24-18)22-11-10-13(19)21-16(22)23/h10-12,14-15H,9H2,1-5,7-8H3,(H2,19,21,23)/t12-,14+,15+,18+/m0/s1. The van der Waals surface area contributed by atoms with Crippen molar-refractivity contribution in [3.05, 3.63) is 34.2 Å². The monoisotopic (exact) mass is 378 g/mol. The summed E-state index contributed by atoms with van der Waals surface area (Å²) in [6, 6.07) is 1.56. The van der Waals surface area contributed by atoms with E-state index < -0.39 is 32.1 Å². The van der Waals surface area contributed by atoms with Crippen molar-refractivity contribution in [2.24, 2.45) is 5.92 Å². The summed E-state index contributed by atoms with van der Waals surface area (Å²) >= 11 is 0. The van der Waals surface area contributed by atoms with Crippen LogP contribution in [0.1, 0.15) is 47.3 Å². The van der Waals surface area contributed by atoms with Crippen LogP contribution in [0.15, 0.2) is 17.1 Å². The molecule has 0 bridgehead atoms. The maximum atomic E-state index is 12.4. The van der Waals surface area contributed by atoms with Gasteiger partial charge in [0, 0.05) is 6.20 Å². The topological polar surface area (TPSA) is 83.7 Å². The molecule has 1 fully saturated rings.